The van der Waals surface area contributed by atoms with E-state index in [0.717, 1.165) is 0 Å². The Labute approximate surface area is 416 Å². The summed E-state index contributed by atoms with van der Waals surface area (Å²) in [6, 6.07) is 31.9. The smallest absolute Gasteiger partial charge is 0.261 e. The highest BCUT2D eigenvalue weighted by Gasteiger charge is 2.64. The average Bonchev–Trinajstić information content (AvgIpc) is 4.00. The first-order valence-electron chi connectivity index (χ1n) is 23.2. The third kappa shape index (κ3) is 9.58. The molecule has 0 aromatic heterocycles. The van der Waals surface area contributed by atoms with Gasteiger partial charge in [0.2, 0.25) is 0 Å². The van der Waals surface area contributed by atoms with E-state index in [0.29, 0.717) is 47.6 Å². The number of ether oxygens (including phenoxy) is 10. The van der Waals surface area contributed by atoms with Crippen LogP contribution in [0.4, 0.5) is 0 Å². The summed E-state index contributed by atoms with van der Waals surface area (Å²) in [7, 11) is 3.31. The quantitative estimate of drug-likeness (QED) is 0.0235. The minimum absolute atomic E-state index is 0.0136. The van der Waals surface area contributed by atoms with E-state index in [9.17, 15) is 5.53 Å². The maximum Gasteiger partial charge on any atom is 0.261 e. The van der Waals surface area contributed by atoms with Gasteiger partial charge in [-0.1, -0.05) is 146 Å². The van der Waals surface area contributed by atoms with Crippen LogP contribution in [0, 0.1) is 23.7 Å². The highest BCUT2D eigenvalue weighted by molar-refractivity contribution is 6.99. The van der Waals surface area contributed by atoms with Gasteiger partial charge in [0.1, 0.15) is 24.8 Å². The maximum absolute atomic E-state index is 9.48. The number of methoxy groups -OCH3 is 4. The molecule has 4 aromatic carbocycles. The number of rotatable bonds is 18. The van der Waals surface area contributed by atoms with E-state index in [1.54, 1.807) is 39.5 Å². The maximum atomic E-state index is 9.48. The van der Waals surface area contributed by atoms with Crippen LogP contribution in [0.25, 0.3) is 10.4 Å². The van der Waals surface area contributed by atoms with Crippen LogP contribution < -0.4 is 24.6 Å². The molecule has 0 unspecified atom stereocenters. The molecular formula is C54H60ClN3O11Si. The Morgan fingerprint density at radius 2 is 1.57 bits per heavy atom. The molecule has 2 spiro atoms. The second-order valence-electron chi connectivity index (χ2n) is 18.8. The minimum Gasteiger partial charge on any atom is -0.497 e. The number of hydrogen-bond acceptors (Lipinski definition) is 12. The molecule has 0 N–H and O–H groups in total. The van der Waals surface area contributed by atoms with Crippen LogP contribution in [0.15, 0.2) is 114 Å². The standard InChI is InChI=1S/C54H60ClN3O11Si/c1-51(2,3)70(39-16-12-10-13-17-39,40-18-14-11-15-19-40)64-33-31-42(63-35-59-6)41-25-26-43(61-8)49(48(41)55)65-45-29-28-44(62-9)53(32-30-37-22-27-46-54(37,45)69-52(4,5)67-46)47(34-57-58-56)66-50(68-53)36-20-23-38(60-7)24-21-36/h10-26,42,44-47,50H,27,31,33-35H2,1-9H3/t42-,44-,45-,46-,47-,50-,53+,54-/m1/s1. The predicted octanol–water partition coefficient (Wildman–Crippen LogP) is 9.15. The Morgan fingerprint density at radius 3 is 2.19 bits per heavy atom. The van der Waals surface area contributed by atoms with E-state index in [-0.39, 0.29) is 29.1 Å². The second kappa shape index (κ2) is 21.2. The number of azide groups is 1. The lowest BCUT2D eigenvalue weighted by molar-refractivity contribution is -0.166. The monoisotopic (exact) mass is 989 g/mol. The molecule has 16 heteroatoms. The Bertz CT molecular complexity index is 2650. The normalized spacial score (nSPS) is 25.9. The molecule has 8 atom stereocenters. The number of nitrogens with zero attached hydrogens (tertiary/aromatic N) is 3. The largest absolute Gasteiger partial charge is 0.497 e. The summed E-state index contributed by atoms with van der Waals surface area (Å²) in [6.45, 7) is 10.6. The van der Waals surface area contributed by atoms with Crippen molar-refractivity contribution in [2.24, 2.45) is 5.11 Å². The highest BCUT2D eigenvalue weighted by atomic mass is 35.5. The van der Waals surface area contributed by atoms with Crippen molar-refractivity contribution in [2.45, 2.75) is 106 Å². The van der Waals surface area contributed by atoms with Gasteiger partial charge in [0.15, 0.2) is 47.0 Å². The number of benzene rings is 4. The van der Waals surface area contributed by atoms with E-state index in [1.165, 1.54) is 17.5 Å². The van der Waals surface area contributed by atoms with Crippen LogP contribution in [-0.4, -0.2) is 98.1 Å². The lowest BCUT2D eigenvalue weighted by atomic mass is 9.87. The van der Waals surface area contributed by atoms with Crippen molar-refractivity contribution in [3.8, 4) is 40.9 Å². The van der Waals surface area contributed by atoms with Crippen molar-refractivity contribution in [3.63, 3.8) is 0 Å². The van der Waals surface area contributed by atoms with Gasteiger partial charge in [0.25, 0.3) is 8.32 Å². The van der Waals surface area contributed by atoms with Crippen LogP contribution in [0.5, 0.6) is 17.2 Å². The molecule has 0 bridgehead atoms. The van der Waals surface area contributed by atoms with E-state index < -0.39 is 62.1 Å². The molecule has 0 amide bonds. The second-order valence-corrected chi connectivity index (χ2v) is 23.5. The molecule has 70 heavy (non-hydrogen) atoms. The Hall–Kier alpha value is -5.36. The van der Waals surface area contributed by atoms with Crippen molar-refractivity contribution in [2.75, 3.05) is 48.4 Å². The fourth-order valence-electron chi connectivity index (χ4n) is 10.0. The van der Waals surface area contributed by atoms with Gasteiger partial charge in [-0.3, -0.25) is 0 Å². The molecule has 2 heterocycles. The topological polar surface area (TPSA) is 150 Å². The fourth-order valence-corrected chi connectivity index (χ4v) is 14.9. The van der Waals surface area contributed by atoms with Gasteiger partial charge in [-0.15, -0.1) is 0 Å². The summed E-state index contributed by atoms with van der Waals surface area (Å²) < 4.78 is 70.6. The molecule has 368 valence electrons. The van der Waals surface area contributed by atoms with E-state index in [1.807, 2.05) is 50.3 Å². The lowest BCUT2D eigenvalue weighted by Crippen LogP contribution is -2.66. The Balaban J connectivity index is 1.19. The fraction of sp³-hybridized carbons (Fsp3) is 0.444. The van der Waals surface area contributed by atoms with Gasteiger partial charge in [-0.25, -0.2) is 0 Å². The van der Waals surface area contributed by atoms with E-state index in [4.69, 9.17) is 63.4 Å². The summed E-state index contributed by atoms with van der Waals surface area (Å²) in [5.74, 6) is 13.6. The zero-order valence-electron chi connectivity index (χ0n) is 41.0. The van der Waals surface area contributed by atoms with Crippen molar-refractivity contribution < 1.29 is 51.8 Å². The highest BCUT2D eigenvalue weighted by Crippen LogP contribution is 2.52. The van der Waals surface area contributed by atoms with Crippen molar-refractivity contribution in [1.29, 1.82) is 0 Å². The summed E-state index contributed by atoms with van der Waals surface area (Å²) in [5, 5.41) is 6.22. The molecular weight excluding hydrogens is 930 g/mol. The van der Waals surface area contributed by atoms with Crippen LogP contribution in [0.1, 0.15) is 71.0 Å². The Kier molecular flexibility index (Phi) is 15.4. The van der Waals surface area contributed by atoms with Crippen molar-refractivity contribution in [1.82, 2.24) is 0 Å². The average molecular weight is 991 g/mol. The first-order valence-corrected chi connectivity index (χ1v) is 25.5. The third-order valence-electron chi connectivity index (χ3n) is 13.2. The SMILES string of the molecule is COCO[C@H](CCO[Si](c1ccccc1)(c1ccccc1)C(C)(C)C)c1ccc(OC)c(O[C@@H]2C#C[C@@H](OC)[C@]3(C#CC4=CC[C@H]5OC(C)(C)O[C@]425)O[C@H](c2ccc(OC)cc2)O[C@@H]3CN=[N+]=[N-])c1Cl. The van der Waals surface area contributed by atoms with Crippen LogP contribution in [0.3, 0.4) is 0 Å². The molecule has 2 fully saturated rings. The molecule has 4 aliphatic rings. The predicted molar refractivity (Wildman–Crippen MR) is 267 cm³/mol. The van der Waals surface area contributed by atoms with Crippen LogP contribution >= 0.6 is 11.6 Å². The van der Waals surface area contributed by atoms with Crippen molar-refractivity contribution >= 4 is 30.3 Å². The molecule has 0 saturated carbocycles. The molecule has 2 aliphatic heterocycles. The van der Waals surface area contributed by atoms with Crippen molar-refractivity contribution in [3.05, 3.63) is 135 Å². The Morgan fingerprint density at radius 1 is 0.886 bits per heavy atom. The summed E-state index contributed by atoms with van der Waals surface area (Å²) in [4.78, 5) is 3.04. The van der Waals surface area contributed by atoms with Gasteiger partial charge >= 0.3 is 0 Å². The zero-order valence-corrected chi connectivity index (χ0v) is 42.8. The molecule has 0 radical (unpaired) electrons. The van der Waals surface area contributed by atoms with Gasteiger partial charge in [-0.2, -0.15) is 0 Å². The first-order chi connectivity index (χ1) is 33.7. The molecule has 8 rings (SSSR count). The van der Waals surface area contributed by atoms with Gasteiger partial charge in [-0.05, 0) is 59.4 Å². The summed E-state index contributed by atoms with van der Waals surface area (Å²) in [6.07, 6.45) is -2.40. The van der Waals surface area contributed by atoms with Gasteiger partial charge < -0.3 is 51.8 Å². The van der Waals surface area contributed by atoms with Gasteiger partial charge in [0.05, 0.1) is 31.9 Å². The molecule has 4 aromatic rings. The summed E-state index contributed by atoms with van der Waals surface area (Å²) in [5.41, 5.74) is 8.39. The van der Waals surface area contributed by atoms with Gasteiger partial charge in [0, 0.05) is 48.9 Å². The van der Waals surface area contributed by atoms with E-state index in [2.05, 4.69) is 103 Å². The summed E-state index contributed by atoms with van der Waals surface area (Å²) >= 11 is 7.55. The minimum atomic E-state index is -2.90. The molecule has 2 saturated heterocycles. The molecule has 2 aliphatic carbocycles. The third-order valence-corrected chi connectivity index (χ3v) is 18.6. The number of hydrogen-bond donors (Lipinski definition) is 0. The van der Waals surface area contributed by atoms with E-state index >= 15 is 0 Å². The lowest BCUT2D eigenvalue weighted by Gasteiger charge is -2.43. The number of halogens is 1. The molecule has 14 nitrogen and oxygen atoms in total. The van der Waals surface area contributed by atoms with Crippen LogP contribution in [0.2, 0.25) is 10.1 Å². The van der Waals surface area contributed by atoms with Crippen LogP contribution in [-0.2, 0) is 37.6 Å². The zero-order chi connectivity index (χ0) is 49.7. The first kappa shape index (κ1) is 51.0.